The van der Waals surface area contributed by atoms with E-state index in [0.717, 1.165) is 24.0 Å². The van der Waals surface area contributed by atoms with Gasteiger partial charge in [-0.05, 0) is 43.0 Å². The lowest BCUT2D eigenvalue weighted by Crippen LogP contribution is -2.42. The Morgan fingerprint density at radius 2 is 2.12 bits per heavy atom. The van der Waals surface area contributed by atoms with Crippen LogP contribution in [0.1, 0.15) is 24.0 Å². The summed E-state index contributed by atoms with van der Waals surface area (Å²) in [5, 5.41) is 10.3. The summed E-state index contributed by atoms with van der Waals surface area (Å²) in [6.07, 6.45) is 4.26. The van der Waals surface area contributed by atoms with Crippen LogP contribution in [0.4, 0.5) is 0 Å². The fourth-order valence-corrected chi connectivity index (χ4v) is 2.61. The minimum Gasteiger partial charge on any atom is -0.490 e. The van der Waals surface area contributed by atoms with Crippen molar-refractivity contribution in [2.45, 2.75) is 38.5 Å². The molecule has 1 N–H and O–H groups in total. The number of pyridine rings is 1. The summed E-state index contributed by atoms with van der Waals surface area (Å²) >= 11 is 0. The molecule has 0 spiro atoms. The number of carbonyl (C=O) groups excluding carboxylic acids is 1. The lowest BCUT2D eigenvalue weighted by Gasteiger charge is -2.25. The third kappa shape index (κ3) is 4.11. The van der Waals surface area contributed by atoms with Gasteiger partial charge in [-0.2, -0.15) is 0 Å². The Labute approximate surface area is 141 Å². The predicted molar refractivity (Wildman–Crippen MR) is 90.5 cm³/mol. The zero-order valence-electron chi connectivity index (χ0n) is 13.8. The molecule has 1 heterocycles. The number of nitrogens with zero attached hydrogens (tertiary/aromatic N) is 2. The standard InChI is InChI=1S/C19H22N2O3/c1-14-5-2-3-7-18(14)24-13-17(22)19(23)21(16-8-9-16)12-15-6-4-10-20-11-15/h2-7,10-11,16-17,22H,8-9,12-13H2,1H3. The van der Waals surface area contributed by atoms with Crippen LogP contribution >= 0.6 is 0 Å². The van der Waals surface area contributed by atoms with Gasteiger partial charge in [-0.25, -0.2) is 0 Å². The van der Waals surface area contributed by atoms with Crippen LogP contribution in [0.2, 0.25) is 0 Å². The van der Waals surface area contributed by atoms with Gasteiger partial charge in [-0.15, -0.1) is 0 Å². The smallest absolute Gasteiger partial charge is 0.255 e. The molecule has 1 saturated carbocycles. The molecule has 24 heavy (non-hydrogen) atoms. The lowest BCUT2D eigenvalue weighted by atomic mass is 10.2. The van der Waals surface area contributed by atoms with Gasteiger partial charge in [0.05, 0.1) is 0 Å². The van der Waals surface area contributed by atoms with Crippen LogP contribution in [0, 0.1) is 6.92 Å². The van der Waals surface area contributed by atoms with Crippen molar-refractivity contribution >= 4 is 5.91 Å². The normalized spacial score (nSPS) is 14.9. The van der Waals surface area contributed by atoms with E-state index in [1.54, 1.807) is 17.3 Å². The number of ether oxygens (including phenoxy) is 1. The summed E-state index contributed by atoms with van der Waals surface area (Å²) in [6.45, 7) is 2.36. The fraction of sp³-hybridized carbons (Fsp3) is 0.368. The number of hydrogen-bond acceptors (Lipinski definition) is 4. The first-order chi connectivity index (χ1) is 11.6. The number of aryl methyl sites for hydroxylation is 1. The largest absolute Gasteiger partial charge is 0.490 e. The molecule has 5 nitrogen and oxygen atoms in total. The third-order valence-corrected chi connectivity index (χ3v) is 4.12. The van der Waals surface area contributed by atoms with E-state index in [4.69, 9.17) is 4.74 Å². The summed E-state index contributed by atoms with van der Waals surface area (Å²) in [4.78, 5) is 18.4. The molecule has 1 aliphatic rings. The molecule has 0 bridgehead atoms. The zero-order chi connectivity index (χ0) is 16.9. The number of aliphatic hydroxyl groups excluding tert-OH is 1. The van der Waals surface area contributed by atoms with Gasteiger partial charge in [0.15, 0.2) is 6.10 Å². The Morgan fingerprint density at radius 3 is 2.79 bits per heavy atom. The van der Waals surface area contributed by atoms with E-state index in [9.17, 15) is 9.90 Å². The molecule has 0 radical (unpaired) electrons. The van der Waals surface area contributed by atoms with E-state index < -0.39 is 6.10 Å². The van der Waals surface area contributed by atoms with Crippen molar-refractivity contribution in [3.8, 4) is 5.75 Å². The van der Waals surface area contributed by atoms with E-state index in [0.29, 0.717) is 12.3 Å². The molecule has 5 heteroatoms. The van der Waals surface area contributed by atoms with Crippen LogP contribution in [0.25, 0.3) is 0 Å². The van der Waals surface area contributed by atoms with Gasteiger partial charge in [-0.1, -0.05) is 24.3 Å². The molecule has 1 unspecified atom stereocenters. The van der Waals surface area contributed by atoms with E-state index in [2.05, 4.69) is 4.98 Å². The lowest BCUT2D eigenvalue weighted by molar-refractivity contribution is -0.143. The highest BCUT2D eigenvalue weighted by Gasteiger charge is 2.35. The van der Waals surface area contributed by atoms with Crippen LogP contribution in [0.5, 0.6) is 5.75 Å². The molecule has 1 fully saturated rings. The van der Waals surface area contributed by atoms with Crippen molar-refractivity contribution in [2.75, 3.05) is 6.61 Å². The molecule has 3 rings (SSSR count). The average molecular weight is 326 g/mol. The van der Waals surface area contributed by atoms with Gasteiger partial charge in [0.25, 0.3) is 5.91 Å². The van der Waals surface area contributed by atoms with Crippen molar-refractivity contribution in [3.63, 3.8) is 0 Å². The average Bonchev–Trinajstić information content (AvgIpc) is 3.44. The Bertz CT molecular complexity index is 686. The molecule has 1 aromatic carbocycles. The van der Waals surface area contributed by atoms with Gasteiger partial charge < -0.3 is 14.7 Å². The highest BCUT2D eigenvalue weighted by atomic mass is 16.5. The van der Waals surface area contributed by atoms with Gasteiger partial charge in [0, 0.05) is 25.0 Å². The molecule has 1 aromatic heterocycles. The minimum atomic E-state index is -1.16. The number of benzene rings is 1. The molecular weight excluding hydrogens is 304 g/mol. The second-order valence-electron chi connectivity index (χ2n) is 6.15. The van der Waals surface area contributed by atoms with E-state index in [1.807, 2.05) is 43.3 Å². The van der Waals surface area contributed by atoms with Crippen LogP contribution in [-0.4, -0.2) is 39.7 Å². The summed E-state index contributed by atoms with van der Waals surface area (Å²) in [5.74, 6) is 0.407. The number of carbonyl (C=O) groups is 1. The molecular formula is C19H22N2O3. The monoisotopic (exact) mass is 326 g/mol. The Kier molecular flexibility index (Phi) is 5.11. The van der Waals surface area contributed by atoms with Crippen LogP contribution in [-0.2, 0) is 11.3 Å². The summed E-state index contributed by atoms with van der Waals surface area (Å²) in [7, 11) is 0. The number of amides is 1. The van der Waals surface area contributed by atoms with Crippen LogP contribution in [0.3, 0.4) is 0 Å². The number of aromatic nitrogens is 1. The molecule has 2 aromatic rings. The van der Waals surface area contributed by atoms with E-state index in [1.165, 1.54) is 0 Å². The van der Waals surface area contributed by atoms with Crippen molar-refractivity contribution in [3.05, 3.63) is 59.9 Å². The number of aliphatic hydroxyl groups is 1. The summed E-state index contributed by atoms with van der Waals surface area (Å²) in [5.41, 5.74) is 1.94. The summed E-state index contributed by atoms with van der Waals surface area (Å²) in [6, 6.07) is 11.6. The first-order valence-electron chi connectivity index (χ1n) is 8.21. The van der Waals surface area contributed by atoms with Gasteiger partial charge in [0.1, 0.15) is 12.4 Å². The second-order valence-corrected chi connectivity index (χ2v) is 6.15. The van der Waals surface area contributed by atoms with Crippen LogP contribution < -0.4 is 4.74 Å². The number of rotatable bonds is 7. The van der Waals surface area contributed by atoms with Gasteiger partial charge >= 0.3 is 0 Å². The molecule has 0 aliphatic heterocycles. The van der Waals surface area contributed by atoms with Crippen molar-refractivity contribution in [1.82, 2.24) is 9.88 Å². The van der Waals surface area contributed by atoms with E-state index >= 15 is 0 Å². The fourth-order valence-electron chi connectivity index (χ4n) is 2.61. The SMILES string of the molecule is Cc1ccccc1OCC(O)C(=O)N(Cc1cccnc1)C1CC1. The quantitative estimate of drug-likeness (QED) is 0.848. The third-order valence-electron chi connectivity index (χ3n) is 4.12. The Balaban J connectivity index is 1.61. The molecule has 1 aliphatic carbocycles. The maximum atomic E-state index is 12.6. The van der Waals surface area contributed by atoms with Crippen molar-refractivity contribution in [2.24, 2.45) is 0 Å². The highest BCUT2D eigenvalue weighted by molar-refractivity contribution is 5.81. The van der Waals surface area contributed by atoms with Crippen molar-refractivity contribution < 1.29 is 14.6 Å². The van der Waals surface area contributed by atoms with E-state index in [-0.39, 0.29) is 18.6 Å². The molecule has 0 saturated heterocycles. The maximum absolute atomic E-state index is 12.6. The first-order valence-corrected chi connectivity index (χ1v) is 8.21. The minimum absolute atomic E-state index is 0.0417. The van der Waals surface area contributed by atoms with Crippen LogP contribution in [0.15, 0.2) is 48.8 Å². The Morgan fingerprint density at radius 1 is 1.33 bits per heavy atom. The second kappa shape index (κ2) is 7.45. The number of hydrogen-bond donors (Lipinski definition) is 1. The number of para-hydroxylation sites is 1. The molecule has 1 atom stereocenters. The van der Waals surface area contributed by atoms with Gasteiger partial charge in [-0.3, -0.25) is 9.78 Å². The molecule has 1 amide bonds. The predicted octanol–water partition coefficient (Wildman–Crippen LogP) is 2.32. The first kappa shape index (κ1) is 16.5. The maximum Gasteiger partial charge on any atom is 0.255 e. The highest BCUT2D eigenvalue weighted by Crippen LogP contribution is 2.29. The van der Waals surface area contributed by atoms with Crippen molar-refractivity contribution in [1.29, 1.82) is 0 Å². The zero-order valence-corrected chi connectivity index (χ0v) is 13.8. The molecule has 126 valence electrons. The Hall–Kier alpha value is -2.40. The summed E-state index contributed by atoms with van der Waals surface area (Å²) < 4.78 is 5.61. The topological polar surface area (TPSA) is 62.7 Å². The van der Waals surface area contributed by atoms with Gasteiger partial charge in [0.2, 0.25) is 0 Å².